The van der Waals surface area contributed by atoms with E-state index in [-0.39, 0.29) is 0 Å². The second-order valence-corrected chi connectivity index (χ2v) is 5.80. The van der Waals surface area contributed by atoms with Crippen LogP contribution in [0, 0.1) is 0 Å². The van der Waals surface area contributed by atoms with Gasteiger partial charge in [0.05, 0.1) is 24.9 Å². The molecule has 1 aliphatic rings. The maximum atomic E-state index is 6.15. The Balaban J connectivity index is 2.11. The number of anilines is 1. The molecule has 1 saturated heterocycles. The van der Waals surface area contributed by atoms with E-state index >= 15 is 0 Å². The molecule has 2 rings (SSSR count). The van der Waals surface area contributed by atoms with E-state index in [0.29, 0.717) is 16.8 Å². The van der Waals surface area contributed by atoms with Gasteiger partial charge in [0.1, 0.15) is 11.5 Å². The molecular weight excluding hydrogens is 288 g/mol. The highest BCUT2D eigenvalue weighted by Gasteiger charge is 2.18. The van der Waals surface area contributed by atoms with Crippen LogP contribution in [0.15, 0.2) is 12.1 Å². The molecule has 0 aliphatic carbocycles. The van der Waals surface area contributed by atoms with Gasteiger partial charge in [0.25, 0.3) is 0 Å². The number of hydrogen-bond donors (Lipinski definition) is 1. The highest BCUT2D eigenvalue weighted by molar-refractivity contribution is 6.32. The maximum Gasteiger partial charge on any atom is 0.143 e. The molecule has 1 N–H and O–H groups in total. The van der Waals surface area contributed by atoms with Gasteiger partial charge in [0.15, 0.2) is 0 Å². The molecule has 1 aromatic rings. The lowest BCUT2D eigenvalue weighted by molar-refractivity contribution is 0.300. The third-order valence-corrected chi connectivity index (χ3v) is 4.40. The van der Waals surface area contributed by atoms with Gasteiger partial charge < -0.3 is 19.7 Å². The molecule has 0 spiro atoms. The predicted molar refractivity (Wildman–Crippen MR) is 87.9 cm³/mol. The highest BCUT2D eigenvalue weighted by Crippen LogP contribution is 2.36. The van der Waals surface area contributed by atoms with E-state index < -0.39 is 0 Å². The Kier molecular flexibility index (Phi) is 6.00. The molecule has 0 radical (unpaired) electrons. The van der Waals surface area contributed by atoms with Crippen molar-refractivity contribution >= 4 is 17.3 Å². The Bertz CT molecular complexity index is 468. The first kappa shape index (κ1) is 16.2. The summed E-state index contributed by atoms with van der Waals surface area (Å²) in [4.78, 5) is 2.50. The fourth-order valence-electron chi connectivity index (χ4n) is 2.81. The zero-order chi connectivity index (χ0) is 15.2. The zero-order valence-electron chi connectivity index (χ0n) is 13.1. The summed E-state index contributed by atoms with van der Waals surface area (Å²) in [5.41, 5.74) is 0.952. The van der Waals surface area contributed by atoms with Crippen molar-refractivity contribution in [3.63, 3.8) is 0 Å². The fraction of sp³-hybridized carbons (Fsp3) is 0.625. The van der Waals surface area contributed by atoms with Crippen LogP contribution in [0.4, 0.5) is 5.69 Å². The third kappa shape index (κ3) is 4.17. The number of nitrogens with one attached hydrogen (secondary N) is 1. The van der Waals surface area contributed by atoms with Crippen molar-refractivity contribution in [1.29, 1.82) is 0 Å². The van der Waals surface area contributed by atoms with Crippen LogP contribution in [0.25, 0.3) is 0 Å². The Morgan fingerprint density at radius 3 is 2.62 bits per heavy atom. The third-order valence-electron chi connectivity index (χ3n) is 4.10. The minimum Gasteiger partial charge on any atom is -0.495 e. The van der Waals surface area contributed by atoms with E-state index in [4.69, 9.17) is 21.1 Å². The summed E-state index contributed by atoms with van der Waals surface area (Å²) in [7, 11) is 3.29. The summed E-state index contributed by atoms with van der Waals surface area (Å²) >= 11 is 6.15. The summed E-state index contributed by atoms with van der Waals surface area (Å²) in [6.45, 7) is 5.68. The first-order valence-corrected chi connectivity index (χ1v) is 7.96. The van der Waals surface area contributed by atoms with Crippen LogP contribution in [-0.2, 0) is 0 Å². The molecule has 0 bridgehead atoms. The summed E-state index contributed by atoms with van der Waals surface area (Å²) in [5.74, 6) is 1.43. The van der Waals surface area contributed by atoms with Crippen molar-refractivity contribution in [2.75, 3.05) is 39.2 Å². The highest BCUT2D eigenvalue weighted by atomic mass is 35.5. The topological polar surface area (TPSA) is 33.7 Å². The van der Waals surface area contributed by atoms with Crippen LogP contribution < -0.4 is 14.8 Å². The van der Waals surface area contributed by atoms with Gasteiger partial charge >= 0.3 is 0 Å². The van der Waals surface area contributed by atoms with Gasteiger partial charge in [-0.3, -0.25) is 0 Å². The van der Waals surface area contributed by atoms with Crippen molar-refractivity contribution in [3.8, 4) is 11.5 Å². The molecule has 1 fully saturated rings. The molecule has 4 nitrogen and oxygen atoms in total. The van der Waals surface area contributed by atoms with Crippen LogP contribution >= 0.6 is 11.6 Å². The largest absolute Gasteiger partial charge is 0.495 e. The van der Waals surface area contributed by atoms with E-state index in [2.05, 4.69) is 17.1 Å². The molecule has 1 heterocycles. The maximum absolute atomic E-state index is 6.15. The second-order valence-electron chi connectivity index (χ2n) is 5.39. The van der Waals surface area contributed by atoms with Crippen molar-refractivity contribution in [3.05, 3.63) is 17.2 Å². The normalized spacial score (nSPS) is 19.9. The standard InChI is InChI=1S/C16H25ClN2O2/c1-4-19-8-5-6-12(7-9-19)18-14-11-15(20-2)13(17)10-16(14)21-3/h10-12,18H,4-9H2,1-3H3. The van der Waals surface area contributed by atoms with Crippen LogP contribution in [0.1, 0.15) is 26.2 Å². The van der Waals surface area contributed by atoms with Gasteiger partial charge in [-0.2, -0.15) is 0 Å². The number of nitrogens with zero attached hydrogens (tertiary/aromatic N) is 1. The summed E-state index contributed by atoms with van der Waals surface area (Å²) < 4.78 is 10.7. The average Bonchev–Trinajstić information content (AvgIpc) is 2.73. The van der Waals surface area contributed by atoms with E-state index in [1.54, 1.807) is 20.3 Å². The second kappa shape index (κ2) is 7.76. The van der Waals surface area contributed by atoms with E-state index in [9.17, 15) is 0 Å². The van der Waals surface area contributed by atoms with Crippen LogP contribution in [0.2, 0.25) is 5.02 Å². The first-order valence-electron chi connectivity index (χ1n) is 7.58. The number of methoxy groups -OCH3 is 2. The van der Waals surface area contributed by atoms with Gasteiger partial charge in [0, 0.05) is 24.7 Å². The number of halogens is 1. The molecule has 1 unspecified atom stereocenters. The number of likely N-dealkylation sites (tertiary alicyclic amines) is 1. The molecule has 1 atom stereocenters. The predicted octanol–water partition coefficient (Wildman–Crippen LogP) is 3.64. The Morgan fingerprint density at radius 1 is 1.19 bits per heavy atom. The number of hydrogen-bond acceptors (Lipinski definition) is 4. The van der Waals surface area contributed by atoms with Gasteiger partial charge in [-0.1, -0.05) is 18.5 Å². The molecular formula is C16H25ClN2O2. The van der Waals surface area contributed by atoms with Crippen molar-refractivity contribution in [1.82, 2.24) is 4.90 Å². The first-order chi connectivity index (χ1) is 10.2. The van der Waals surface area contributed by atoms with Gasteiger partial charge in [-0.15, -0.1) is 0 Å². The Morgan fingerprint density at radius 2 is 1.95 bits per heavy atom. The monoisotopic (exact) mass is 312 g/mol. The van der Waals surface area contributed by atoms with Crippen LogP contribution in [0.3, 0.4) is 0 Å². The van der Waals surface area contributed by atoms with Gasteiger partial charge in [-0.05, 0) is 32.4 Å². The lowest BCUT2D eigenvalue weighted by Crippen LogP contribution is -2.26. The zero-order valence-corrected chi connectivity index (χ0v) is 13.9. The molecule has 5 heteroatoms. The number of ether oxygens (including phenoxy) is 2. The molecule has 0 amide bonds. The van der Waals surface area contributed by atoms with Crippen LogP contribution in [-0.4, -0.2) is 44.8 Å². The van der Waals surface area contributed by atoms with E-state index in [1.807, 2.05) is 6.07 Å². The minimum absolute atomic E-state index is 0.460. The molecule has 118 valence electrons. The molecule has 1 aromatic carbocycles. The molecule has 0 aromatic heterocycles. The Labute approximate surface area is 132 Å². The summed E-state index contributed by atoms with van der Waals surface area (Å²) in [6, 6.07) is 4.18. The molecule has 0 saturated carbocycles. The minimum atomic E-state index is 0.460. The summed E-state index contributed by atoms with van der Waals surface area (Å²) in [5, 5.41) is 4.16. The lowest BCUT2D eigenvalue weighted by Gasteiger charge is -2.21. The average molecular weight is 313 g/mol. The lowest BCUT2D eigenvalue weighted by atomic mass is 10.1. The van der Waals surface area contributed by atoms with Crippen LogP contribution in [0.5, 0.6) is 11.5 Å². The van der Waals surface area contributed by atoms with Gasteiger partial charge in [-0.25, -0.2) is 0 Å². The Hall–Kier alpha value is -1.13. The fourth-order valence-corrected chi connectivity index (χ4v) is 3.04. The SMILES string of the molecule is CCN1CCCC(Nc2cc(OC)c(Cl)cc2OC)CC1. The molecule has 1 aliphatic heterocycles. The quantitative estimate of drug-likeness (QED) is 0.900. The van der Waals surface area contributed by atoms with Crippen molar-refractivity contribution in [2.24, 2.45) is 0 Å². The van der Waals surface area contributed by atoms with Crippen molar-refractivity contribution < 1.29 is 9.47 Å². The summed E-state index contributed by atoms with van der Waals surface area (Å²) in [6.07, 6.45) is 3.53. The van der Waals surface area contributed by atoms with Crippen molar-refractivity contribution in [2.45, 2.75) is 32.2 Å². The van der Waals surface area contributed by atoms with Gasteiger partial charge in [0.2, 0.25) is 0 Å². The number of benzene rings is 1. The molecule has 21 heavy (non-hydrogen) atoms. The van der Waals surface area contributed by atoms with E-state index in [0.717, 1.165) is 30.9 Å². The van der Waals surface area contributed by atoms with E-state index in [1.165, 1.54) is 19.4 Å². The number of rotatable bonds is 5. The smallest absolute Gasteiger partial charge is 0.143 e.